The number of allylic oxidation sites excluding steroid dienone is 2. The van der Waals surface area contributed by atoms with E-state index >= 15 is 0 Å². The van der Waals surface area contributed by atoms with E-state index in [0.29, 0.717) is 0 Å². The molecule has 0 aromatic heterocycles. The molecule has 64 valence electrons. The monoisotopic (exact) mass is 178 g/mol. The van der Waals surface area contributed by atoms with Gasteiger partial charge in [-0.2, -0.15) is 26.3 Å². The lowest BCUT2D eigenvalue weighted by atomic mass is 10.4. The molecule has 0 spiro atoms. The van der Waals surface area contributed by atoms with Crippen molar-refractivity contribution >= 4 is 6.04 Å². The Morgan fingerprint density at radius 1 is 1.00 bits per heavy atom. The Bertz CT molecular complexity index is 201. The van der Waals surface area contributed by atoms with Crippen LogP contribution in [0.25, 0.3) is 0 Å². The predicted octanol–water partition coefficient (Wildman–Crippen LogP) is 2.20. The van der Waals surface area contributed by atoms with Gasteiger partial charge in [0.1, 0.15) is 0 Å². The van der Waals surface area contributed by atoms with E-state index in [4.69, 9.17) is 0 Å². The van der Waals surface area contributed by atoms with Gasteiger partial charge in [-0.25, -0.2) is 0 Å². The standard InChI is InChI=1S/C4F6O/c5-1(3(7)11)2(6)4(8,9)10. The second kappa shape index (κ2) is 2.93. The minimum atomic E-state index is -5.66. The zero-order valence-electron chi connectivity index (χ0n) is 4.68. The highest BCUT2D eigenvalue weighted by Gasteiger charge is 2.40. The summed E-state index contributed by atoms with van der Waals surface area (Å²) >= 11 is 0. The molecule has 0 rings (SSSR count). The summed E-state index contributed by atoms with van der Waals surface area (Å²) in [5, 5.41) is 0. The van der Waals surface area contributed by atoms with Crippen LogP contribution in [0, 0.1) is 0 Å². The van der Waals surface area contributed by atoms with Crippen molar-refractivity contribution in [1.82, 2.24) is 0 Å². The maximum atomic E-state index is 11.5. The summed E-state index contributed by atoms with van der Waals surface area (Å²) in [5.74, 6) is -6.41. The summed E-state index contributed by atoms with van der Waals surface area (Å²) in [6.45, 7) is 0. The molecule has 0 bridgehead atoms. The van der Waals surface area contributed by atoms with Gasteiger partial charge in [0.2, 0.25) is 11.7 Å². The number of alkyl halides is 3. The molecule has 1 nitrogen and oxygen atoms in total. The van der Waals surface area contributed by atoms with Crippen LogP contribution in [0.5, 0.6) is 0 Å². The first kappa shape index (κ1) is 9.99. The van der Waals surface area contributed by atoms with Gasteiger partial charge >= 0.3 is 12.2 Å². The van der Waals surface area contributed by atoms with Crippen molar-refractivity contribution in [2.24, 2.45) is 0 Å². The molecule has 0 saturated heterocycles. The molecule has 0 aliphatic rings. The third-order valence-corrected chi connectivity index (χ3v) is 0.614. The van der Waals surface area contributed by atoms with E-state index in [0.717, 1.165) is 0 Å². The first-order chi connectivity index (χ1) is 4.76. The number of carbonyl (C=O) groups excluding carboxylic acids is 1. The van der Waals surface area contributed by atoms with Gasteiger partial charge in [-0.3, -0.25) is 4.79 Å². The lowest BCUT2D eigenvalue weighted by Crippen LogP contribution is -2.11. The third-order valence-electron chi connectivity index (χ3n) is 0.614. The Balaban J connectivity index is 4.82. The second-order valence-corrected chi connectivity index (χ2v) is 1.40. The quantitative estimate of drug-likeness (QED) is 0.341. The summed E-state index contributed by atoms with van der Waals surface area (Å²) in [7, 11) is 0. The maximum Gasteiger partial charge on any atom is 0.446 e. The van der Waals surface area contributed by atoms with Crippen molar-refractivity contribution in [1.29, 1.82) is 0 Å². The molecule has 0 aromatic carbocycles. The van der Waals surface area contributed by atoms with Gasteiger partial charge in [0.15, 0.2) is 0 Å². The zero-order chi connectivity index (χ0) is 9.23. The minimum absolute atomic E-state index is 3.06. The van der Waals surface area contributed by atoms with Crippen LogP contribution in [0.15, 0.2) is 11.7 Å². The highest BCUT2D eigenvalue weighted by molar-refractivity contribution is 5.85. The van der Waals surface area contributed by atoms with Crippen molar-refractivity contribution in [2.45, 2.75) is 6.18 Å². The minimum Gasteiger partial charge on any atom is -0.253 e. The van der Waals surface area contributed by atoms with Crippen molar-refractivity contribution < 1.29 is 31.1 Å². The molecule has 0 fully saturated rings. The summed E-state index contributed by atoms with van der Waals surface area (Å²) in [5.41, 5.74) is 0. The van der Waals surface area contributed by atoms with Gasteiger partial charge in [-0.1, -0.05) is 0 Å². The number of rotatable bonds is 1. The van der Waals surface area contributed by atoms with Crippen LogP contribution in [-0.4, -0.2) is 12.2 Å². The zero-order valence-corrected chi connectivity index (χ0v) is 4.68. The molecule has 0 N–H and O–H groups in total. The lowest BCUT2D eigenvalue weighted by Gasteiger charge is -2.00. The topological polar surface area (TPSA) is 17.1 Å². The van der Waals surface area contributed by atoms with Gasteiger partial charge in [0.05, 0.1) is 0 Å². The van der Waals surface area contributed by atoms with Crippen LogP contribution in [-0.2, 0) is 4.79 Å². The van der Waals surface area contributed by atoms with E-state index in [1.54, 1.807) is 0 Å². The molecule has 0 aromatic rings. The SMILES string of the molecule is O=C(F)C(F)=C(F)C(F)(F)F. The van der Waals surface area contributed by atoms with E-state index in [1.165, 1.54) is 0 Å². The smallest absolute Gasteiger partial charge is 0.253 e. The summed E-state index contributed by atoms with van der Waals surface area (Å²) in [6, 6.07) is -3.08. The molecule has 0 radical (unpaired) electrons. The number of hydrogen-bond donors (Lipinski definition) is 0. The third kappa shape index (κ3) is 2.60. The van der Waals surface area contributed by atoms with Crippen LogP contribution < -0.4 is 0 Å². The van der Waals surface area contributed by atoms with Crippen molar-refractivity contribution in [3.05, 3.63) is 11.7 Å². The molecule has 0 aliphatic carbocycles. The molecule has 0 saturated carbocycles. The number of halogens is 6. The maximum absolute atomic E-state index is 11.5. The molecule has 0 unspecified atom stereocenters. The molecular weight excluding hydrogens is 178 g/mol. The van der Waals surface area contributed by atoms with E-state index in [1.807, 2.05) is 0 Å². The number of carbonyl (C=O) groups is 1. The fraction of sp³-hybridized carbons (Fsp3) is 0.250. The lowest BCUT2D eigenvalue weighted by molar-refractivity contribution is -0.131. The Morgan fingerprint density at radius 2 is 1.36 bits per heavy atom. The average molecular weight is 178 g/mol. The van der Waals surface area contributed by atoms with Gasteiger partial charge in [-0.05, 0) is 0 Å². The molecule has 11 heavy (non-hydrogen) atoms. The fourth-order valence-corrected chi connectivity index (χ4v) is 0.211. The predicted molar refractivity (Wildman–Crippen MR) is 21.4 cm³/mol. The summed E-state index contributed by atoms with van der Waals surface area (Å²) in [6.07, 6.45) is -5.66. The van der Waals surface area contributed by atoms with Gasteiger partial charge < -0.3 is 0 Å². The molecule has 0 atom stereocenters. The van der Waals surface area contributed by atoms with E-state index in [9.17, 15) is 31.1 Å². The number of hydrogen-bond acceptors (Lipinski definition) is 1. The summed E-state index contributed by atoms with van der Waals surface area (Å²) < 4.78 is 67.2. The van der Waals surface area contributed by atoms with Crippen LogP contribution >= 0.6 is 0 Å². The average Bonchev–Trinajstić information content (AvgIpc) is 1.82. The van der Waals surface area contributed by atoms with Gasteiger partial charge in [0.25, 0.3) is 0 Å². The largest absolute Gasteiger partial charge is 0.446 e. The highest BCUT2D eigenvalue weighted by Crippen LogP contribution is 2.29. The van der Waals surface area contributed by atoms with Gasteiger partial charge in [0, 0.05) is 0 Å². The Kier molecular flexibility index (Phi) is 2.66. The first-order valence-electron chi connectivity index (χ1n) is 2.09. The first-order valence-corrected chi connectivity index (χ1v) is 2.09. The van der Waals surface area contributed by atoms with Gasteiger partial charge in [-0.15, -0.1) is 0 Å². The fourth-order valence-electron chi connectivity index (χ4n) is 0.211. The van der Waals surface area contributed by atoms with Crippen LogP contribution in [0.1, 0.15) is 0 Å². The Morgan fingerprint density at radius 3 is 1.45 bits per heavy atom. The molecule has 0 aliphatic heterocycles. The van der Waals surface area contributed by atoms with Crippen LogP contribution in [0.2, 0.25) is 0 Å². The van der Waals surface area contributed by atoms with E-state index < -0.39 is 23.9 Å². The Labute approximate surface area is 56.3 Å². The van der Waals surface area contributed by atoms with Crippen molar-refractivity contribution in [2.75, 3.05) is 0 Å². The summed E-state index contributed by atoms with van der Waals surface area (Å²) in [4.78, 5) is 9.19. The van der Waals surface area contributed by atoms with Crippen molar-refractivity contribution in [3.8, 4) is 0 Å². The van der Waals surface area contributed by atoms with Crippen LogP contribution in [0.4, 0.5) is 26.3 Å². The molecule has 0 amide bonds. The normalized spacial score (nSPS) is 14.4. The molecular formula is C4F6O. The van der Waals surface area contributed by atoms with E-state index in [-0.39, 0.29) is 0 Å². The van der Waals surface area contributed by atoms with E-state index in [2.05, 4.69) is 0 Å². The molecule has 0 heterocycles. The molecule has 7 heteroatoms. The van der Waals surface area contributed by atoms with Crippen molar-refractivity contribution in [3.63, 3.8) is 0 Å². The highest BCUT2D eigenvalue weighted by atomic mass is 19.4. The van der Waals surface area contributed by atoms with Crippen LogP contribution in [0.3, 0.4) is 0 Å². The second-order valence-electron chi connectivity index (χ2n) is 1.40. The Hall–Kier alpha value is -1.01.